The third kappa shape index (κ3) is 8.78. The summed E-state index contributed by atoms with van der Waals surface area (Å²) in [5.74, 6) is -1.24. The molecule has 1 atom stereocenters. The molecule has 2 nitrogen and oxygen atoms in total. The Hall–Kier alpha value is -3.46. The number of pyridine rings is 2. The van der Waals surface area contributed by atoms with Gasteiger partial charge in [-0.3, -0.25) is 4.39 Å². The van der Waals surface area contributed by atoms with Gasteiger partial charge in [0.1, 0.15) is 0 Å². The topological polar surface area (TPSA) is 25.8 Å². The van der Waals surface area contributed by atoms with E-state index in [1.54, 1.807) is 27.0 Å². The quantitative estimate of drug-likeness (QED) is 0.170. The van der Waals surface area contributed by atoms with Crippen LogP contribution in [0.1, 0.15) is 64.1 Å². The van der Waals surface area contributed by atoms with Crippen LogP contribution in [0.2, 0.25) is 0 Å². The molecule has 0 bridgehead atoms. The van der Waals surface area contributed by atoms with Gasteiger partial charge in [-0.15, -0.1) is 65.7 Å². The van der Waals surface area contributed by atoms with Crippen molar-refractivity contribution in [2.45, 2.75) is 46.8 Å². The Morgan fingerprint density at radius 3 is 2.27 bits per heavy atom. The van der Waals surface area contributed by atoms with E-state index < -0.39 is 30.4 Å². The number of hydrogen-bond acceptors (Lipinski definition) is 2. The van der Waals surface area contributed by atoms with E-state index in [0.717, 1.165) is 28.5 Å². The standard InChI is InChI=1S/C19H16N.C17H19FN.Ir/c1-15(16-8-4-2-5-9-16)18-12-13-20-19(14-18)17-10-6-3-7-11-17;1-12-11-19-16(9-14(12)10-17(2,3)4)13-5-7-15(18)8-6-13;/h2-10,12-15H,1H3;5,7-9,11H,10H2,1-4H3;/q2*-1;/i15D;1D3,10D2;. The van der Waals surface area contributed by atoms with Crippen LogP contribution < -0.4 is 0 Å². The largest absolute Gasteiger partial charge is 0.305 e. The fourth-order valence-electron chi connectivity index (χ4n) is 3.89. The molecule has 0 saturated heterocycles. The van der Waals surface area contributed by atoms with Crippen molar-refractivity contribution >= 4 is 0 Å². The molecular weight excluding hydrogens is 672 g/mol. The van der Waals surface area contributed by atoms with Gasteiger partial charge in [-0.1, -0.05) is 75.7 Å². The van der Waals surface area contributed by atoms with Crippen LogP contribution in [0, 0.1) is 30.2 Å². The van der Waals surface area contributed by atoms with Crippen LogP contribution in [0.5, 0.6) is 0 Å². The molecule has 0 fully saturated rings. The van der Waals surface area contributed by atoms with E-state index in [-0.39, 0.29) is 31.2 Å². The van der Waals surface area contributed by atoms with Crippen LogP contribution >= 0.6 is 0 Å². The molecule has 2 heterocycles. The zero-order valence-electron chi connectivity index (χ0n) is 28.9. The molecule has 5 rings (SSSR count). The van der Waals surface area contributed by atoms with Crippen molar-refractivity contribution in [3.63, 3.8) is 0 Å². The van der Waals surface area contributed by atoms with Crippen LogP contribution in [0.4, 0.5) is 4.39 Å². The second-order valence-corrected chi connectivity index (χ2v) is 10.1. The minimum Gasteiger partial charge on any atom is -0.305 e. The molecule has 40 heavy (non-hydrogen) atoms. The number of aromatic nitrogens is 2. The molecular formula is C36H35FIrN2-2. The van der Waals surface area contributed by atoms with Crippen LogP contribution in [-0.2, 0) is 26.5 Å². The minimum atomic E-state index is -2.48. The molecule has 1 radical (unpaired) electrons. The predicted molar refractivity (Wildman–Crippen MR) is 159 cm³/mol. The van der Waals surface area contributed by atoms with E-state index in [1.165, 1.54) is 24.4 Å². The number of benzene rings is 3. The molecule has 0 amide bonds. The van der Waals surface area contributed by atoms with Gasteiger partial charge in [0.05, 0.1) is 0 Å². The Kier molecular flexibility index (Phi) is 8.29. The Morgan fingerprint density at radius 2 is 1.62 bits per heavy atom. The first-order chi connectivity index (χ1) is 21.0. The molecule has 1 unspecified atom stereocenters. The maximum absolute atomic E-state index is 13.1. The molecule has 3 aromatic carbocycles. The molecule has 0 aliphatic carbocycles. The first-order valence-electron chi connectivity index (χ1n) is 15.7. The molecule has 2 aromatic heterocycles. The fraction of sp³-hybridized carbons (Fsp3) is 0.222. The number of rotatable bonds is 5. The SMILES string of the molecule is [2H]C(C)(c1ccccc1)c1ccnc(-c2[c-]cccc2)c1.[2H]C([2H])([2H])c1cnc(-c2[c-]cc(F)cc2)cc1C([2H])([2H])C(C)(C)C.[Ir]. The van der Waals surface area contributed by atoms with E-state index >= 15 is 0 Å². The number of nitrogens with zero attached hydrogens (tertiary/aromatic N) is 2. The van der Waals surface area contributed by atoms with Crippen molar-refractivity contribution in [3.8, 4) is 22.5 Å². The summed E-state index contributed by atoms with van der Waals surface area (Å²) in [5.41, 5.74) is 3.65. The molecule has 0 saturated carbocycles. The van der Waals surface area contributed by atoms with Gasteiger partial charge in [0, 0.05) is 52.4 Å². The van der Waals surface area contributed by atoms with Gasteiger partial charge in [0.25, 0.3) is 0 Å². The maximum atomic E-state index is 13.1. The summed E-state index contributed by atoms with van der Waals surface area (Å²) < 4.78 is 61.7. The average Bonchev–Trinajstić information content (AvgIpc) is 3.01. The summed E-state index contributed by atoms with van der Waals surface area (Å²) in [6, 6.07) is 32.8. The van der Waals surface area contributed by atoms with Crippen LogP contribution in [0.3, 0.4) is 0 Å². The molecule has 5 aromatic rings. The van der Waals surface area contributed by atoms with Crippen molar-refractivity contribution in [2.75, 3.05) is 0 Å². The van der Waals surface area contributed by atoms with Gasteiger partial charge in [-0.2, -0.15) is 0 Å². The Bertz CT molecular complexity index is 1720. The third-order valence-corrected chi connectivity index (χ3v) is 5.85. The van der Waals surface area contributed by atoms with Crippen molar-refractivity contribution < 1.29 is 32.7 Å². The van der Waals surface area contributed by atoms with Gasteiger partial charge < -0.3 is 9.97 Å². The normalized spacial score (nSPS) is 15.2. The first kappa shape index (κ1) is 23.3. The second kappa shape index (κ2) is 14.3. The van der Waals surface area contributed by atoms with Gasteiger partial charge in [0.15, 0.2) is 0 Å². The molecule has 0 N–H and O–H groups in total. The van der Waals surface area contributed by atoms with Gasteiger partial charge >= 0.3 is 0 Å². The summed E-state index contributed by atoms with van der Waals surface area (Å²) >= 11 is 0. The van der Waals surface area contributed by atoms with Crippen molar-refractivity contribution in [2.24, 2.45) is 5.41 Å². The van der Waals surface area contributed by atoms with Gasteiger partial charge in [-0.05, 0) is 52.8 Å². The van der Waals surface area contributed by atoms with Crippen LogP contribution in [0.15, 0.2) is 103 Å². The van der Waals surface area contributed by atoms with Crippen LogP contribution in [-0.4, -0.2) is 9.97 Å². The van der Waals surface area contributed by atoms with Gasteiger partial charge in [0.2, 0.25) is 0 Å². The maximum Gasteiger partial charge on any atom is 0.0399 e. The van der Waals surface area contributed by atoms with Gasteiger partial charge in [-0.25, -0.2) is 0 Å². The fourth-order valence-corrected chi connectivity index (χ4v) is 3.89. The van der Waals surface area contributed by atoms with Crippen molar-refractivity contribution in [1.29, 1.82) is 0 Å². The van der Waals surface area contributed by atoms with Crippen LogP contribution in [0.25, 0.3) is 22.5 Å². The molecule has 0 aliphatic heterocycles. The third-order valence-electron chi connectivity index (χ3n) is 5.85. The predicted octanol–water partition coefficient (Wildman–Crippen LogP) is 9.28. The zero-order chi connectivity index (χ0) is 33.0. The Labute approximate surface area is 260 Å². The summed E-state index contributed by atoms with van der Waals surface area (Å²) in [6.45, 7) is 4.56. The van der Waals surface area contributed by atoms with E-state index in [4.69, 9.17) is 8.22 Å². The van der Waals surface area contributed by atoms with Crippen molar-refractivity contribution in [1.82, 2.24) is 9.97 Å². The number of aryl methyl sites for hydroxylation is 1. The summed E-state index contributed by atoms with van der Waals surface area (Å²) in [5, 5.41) is 0. The average molecular weight is 713 g/mol. The number of hydrogen-bond donors (Lipinski definition) is 0. The summed E-state index contributed by atoms with van der Waals surface area (Å²) in [6.07, 6.45) is 1.05. The molecule has 0 spiro atoms. The monoisotopic (exact) mass is 713 g/mol. The van der Waals surface area contributed by atoms with Crippen molar-refractivity contribution in [3.05, 3.63) is 144 Å². The number of halogens is 1. The summed E-state index contributed by atoms with van der Waals surface area (Å²) in [7, 11) is 0. The smallest absolute Gasteiger partial charge is 0.0399 e. The van der Waals surface area contributed by atoms with E-state index in [9.17, 15) is 4.39 Å². The first-order valence-corrected chi connectivity index (χ1v) is 12.7. The molecule has 0 aliphatic rings. The van der Waals surface area contributed by atoms with E-state index in [0.29, 0.717) is 11.3 Å². The van der Waals surface area contributed by atoms with E-state index in [2.05, 4.69) is 22.1 Å². The molecule has 207 valence electrons. The Morgan fingerprint density at radius 1 is 0.900 bits per heavy atom. The Balaban J connectivity index is 0.000000247. The minimum absolute atomic E-state index is 0. The second-order valence-electron chi connectivity index (χ2n) is 10.1. The zero-order valence-corrected chi connectivity index (χ0v) is 25.3. The molecule has 4 heteroatoms. The summed E-state index contributed by atoms with van der Waals surface area (Å²) in [4.78, 5) is 8.52. The van der Waals surface area contributed by atoms with E-state index in [1.807, 2.05) is 73.7 Å².